The monoisotopic (exact) mass is 292 g/mol. The molecule has 1 fully saturated rings. The fourth-order valence-corrected chi connectivity index (χ4v) is 3.34. The van der Waals surface area contributed by atoms with E-state index in [1.54, 1.807) is 16.7 Å². The third-order valence-corrected chi connectivity index (χ3v) is 4.35. The van der Waals surface area contributed by atoms with Gasteiger partial charge in [0.05, 0.1) is 5.75 Å². The number of carbonyl (C=O) groups excluding carboxylic acids is 2. The molecule has 1 N–H and O–H groups in total. The Balaban J connectivity index is 2.10. The van der Waals surface area contributed by atoms with Gasteiger partial charge in [-0.3, -0.25) is 9.59 Å². The van der Waals surface area contributed by atoms with Gasteiger partial charge in [0.15, 0.2) is 0 Å². The SMILES string of the molecule is Cc1ccc([C@@H]2SCC(=O)N2CC(=O)NC(C)C)cc1. The number of hydrogen-bond acceptors (Lipinski definition) is 3. The van der Waals surface area contributed by atoms with Crippen molar-refractivity contribution in [2.45, 2.75) is 32.2 Å². The first kappa shape index (κ1) is 14.9. The van der Waals surface area contributed by atoms with Gasteiger partial charge >= 0.3 is 0 Å². The molecule has 2 amide bonds. The van der Waals surface area contributed by atoms with E-state index < -0.39 is 0 Å². The summed E-state index contributed by atoms with van der Waals surface area (Å²) in [6.45, 7) is 5.99. The zero-order chi connectivity index (χ0) is 14.7. The Labute approximate surface area is 123 Å². The van der Waals surface area contributed by atoms with Crippen molar-refractivity contribution in [1.82, 2.24) is 10.2 Å². The van der Waals surface area contributed by atoms with E-state index in [2.05, 4.69) is 5.32 Å². The molecule has 108 valence electrons. The zero-order valence-electron chi connectivity index (χ0n) is 12.1. The quantitative estimate of drug-likeness (QED) is 0.924. The Bertz CT molecular complexity index is 499. The van der Waals surface area contributed by atoms with E-state index in [-0.39, 0.29) is 29.8 Å². The topological polar surface area (TPSA) is 49.4 Å². The van der Waals surface area contributed by atoms with Gasteiger partial charge in [-0.1, -0.05) is 29.8 Å². The van der Waals surface area contributed by atoms with E-state index in [0.29, 0.717) is 5.75 Å². The highest BCUT2D eigenvalue weighted by molar-refractivity contribution is 8.00. The lowest BCUT2D eigenvalue weighted by molar-refractivity contribution is -0.134. The van der Waals surface area contributed by atoms with Crippen LogP contribution < -0.4 is 5.32 Å². The van der Waals surface area contributed by atoms with Crippen LogP contribution in [0.25, 0.3) is 0 Å². The molecule has 1 aliphatic heterocycles. The molecule has 0 unspecified atom stereocenters. The van der Waals surface area contributed by atoms with Gasteiger partial charge in [-0.15, -0.1) is 11.8 Å². The normalized spacial score (nSPS) is 18.7. The van der Waals surface area contributed by atoms with Crippen LogP contribution in [0.1, 0.15) is 30.3 Å². The molecular formula is C15H20N2O2S. The van der Waals surface area contributed by atoms with Gasteiger partial charge < -0.3 is 10.2 Å². The molecular weight excluding hydrogens is 272 g/mol. The van der Waals surface area contributed by atoms with E-state index in [1.807, 2.05) is 45.0 Å². The number of amides is 2. The van der Waals surface area contributed by atoms with Gasteiger partial charge in [0.25, 0.3) is 0 Å². The predicted molar refractivity (Wildman–Crippen MR) is 81.4 cm³/mol. The summed E-state index contributed by atoms with van der Waals surface area (Å²) in [5, 5.41) is 2.77. The predicted octanol–water partition coefficient (Wildman–Crippen LogP) is 2.09. The molecule has 1 heterocycles. The second kappa shape index (κ2) is 6.31. The van der Waals surface area contributed by atoms with Crippen LogP contribution in [0.15, 0.2) is 24.3 Å². The standard InChI is InChI=1S/C15H20N2O2S/c1-10(2)16-13(18)8-17-14(19)9-20-15(17)12-6-4-11(3)5-7-12/h4-7,10,15H,8-9H2,1-3H3,(H,16,18)/t15-/m0/s1. The summed E-state index contributed by atoms with van der Waals surface area (Å²) in [6, 6.07) is 8.21. The molecule has 0 aromatic heterocycles. The maximum absolute atomic E-state index is 12.0. The zero-order valence-corrected chi connectivity index (χ0v) is 12.9. The molecule has 0 radical (unpaired) electrons. The largest absolute Gasteiger partial charge is 0.352 e. The maximum atomic E-state index is 12.0. The summed E-state index contributed by atoms with van der Waals surface area (Å²) in [6.07, 6.45) is 0. The van der Waals surface area contributed by atoms with Crippen LogP contribution in [-0.2, 0) is 9.59 Å². The second-order valence-electron chi connectivity index (χ2n) is 5.32. The van der Waals surface area contributed by atoms with Crippen molar-refractivity contribution in [3.63, 3.8) is 0 Å². The molecule has 0 saturated carbocycles. The summed E-state index contributed by atoms with van der Waals surface area (Å²) >= 11 is 1.57. The van der Waals surface area contributed by atoms with Crippen molar-refractivity contribution in [2.24, 2.45) is 0 Å². The number of aryl methyl sites for hydroxylation is 1. The van der Waals surface area contributed by atoms with Crippen LogP contribution in [0.3, 0.4) is 0 Å². The number of nitrogens with zero attached hydrogens (tertiary/aromatic N) is 1. The van der Waals surface area contributed by atoms with Gasteiger partial charge in [-0.25, -0.2) is 0 Å². The molecule has 1 atom stereocenters. The van der Waals surface area contributed by atoms with Crippen LogP contribution in [0.2, 0.25) is 0 Å². The molecule has 1 saturated heterocycles. The summed E-state index contributed by atoms with van der Waals surface area (Å²) in [5.41, 5.74) is 2.26. The minimum absolute atomic E-state index is 0.0273. The average Bonchev–Trinajstić information content (AvgIpc) is 2.71. The molecule has 0 aliphatic carbocycles. The fourth-order valence-electron chi connectivity index (χ4n) is 2.15. The Kier molecular flexibility index (Phi) is 4.70. The van der Waals surface area contributed by atoms with Crippen molar-refractivity contribution in [2.75, 3.05) is 12.3 Å². The lowest BCUT2D eigenvalue weighted by Gasteiger charge is -2.24. The Morgan fingerprint density at radius 1 is 1.40 bits per heavy atom. The number of thioether (sulfide) groups is 1. The van der Waals surface area contributed by atoms with Crippen LogP contribution in [-0.4, -0.2) is 35.1 Å². The number of benzene rings is 1. The summed E-state index contributed by atoms with van der Waals surface area (Å²) in [5.74, 6) is 0.362. The summed E-state index contributed by atoms with van der Waals surface area (Å²) in [7, 11) is 0. The van der Waals surface area contributed by atoms with Gasteiger partial charge in [0.2, 0.25) is 11.8 Å². The van der Waals surface area contributed by atoms with Gasteiger partial charge in [0, 0.05) is 6.04 Å². The first-order valence-electron chi connectivity index (χ1n) is 6.74. The lowest BCUT2D eigenvalue weighted by Crippen LogP contribution is -2.41. The number of carbonyl (C=O) groups is 2. The molecule has 5 heteroatoms. The van der Waals surface area contributed by atoms with E-state index in [0.717, 1.165) is 5.56 Å². The fraction of sp³-hybridized carbons (Fsp3) is 0.467. The molecule has 0 spiro atoms. The first-order valence-corrected chi connectivity index (χ1v) is 7.79. The van der Waals surface area contributed by atoms with Crippen LogP contribution in [0.5, 0.6) is 0 Å². The number of rotatable bonds is 4. The number of hydrogen-bond donors (Lipinski definition) is 1. The van der Waals surface area contributed by atoms with Crippen molar-refractivity contribution in [1.29, 1.82) is 0 Å². The first-order chi connectivity index (χ1) is 9.47. The van der Waals surface area contributed by atoms with Crippen LogP contribution in [0, 0.1) is 6.92 Å². The average molecular weight is 292 g/mol. The highest BCUT2D eigenvalue weighted by Gasteiger charge is 2.33. The highest BCUT2D eigenvalue weighted by Crippen LogP contribution is 2.38. The molecule has 4 nitrogen and oxygen atoms in total. The summed E-state index contributed by atoms with van der Waals surface area (Å²) in [4.78, 5) is 25.5. The van der Waals surface area contributed by atoms with Crippen LogP contribution in [0.4, 0.5) is 0 Å². The minimum Gasteiger partial charge on any atom is -0.352 e. The lowest BCUT2D eigenvalue weighted by atomic mass is 10.1. The van der Waals surface area contributed by atoms with E-state index in [9.17, 15) is 9.59 Å². The third-order valence-electron chi connectivity index (χ3n) is 3.09. The third kappa shape index (κ3) is 3.54. The van der Waals surface area contributed by atoms with Crippen molar-refractivity contribution in [3.05, 3.63) is 35.4 Å². The smallest absolute Gasteiger partial charge is 0.239 e. The molecule has 1 aromatic carbocycles. The second-order valence-corrected chi connectivity index (χ2v) is 6.39. The summed E-state index contributed by atoms with van der Waals surface area (Å²) < 4.78 is 0. The molecule has 2 rings (SSSR count). The molecule has 20 heavy (non-hydrogen) atoms. The van der Waals surface area contributed by atoms with Gasteiger partial charge in [-0.05, 0) is 26.3 Å². The Morgan fingerprint density at radius 3 is 2.65 bits per heavy atom. The maximum Gasteiger partial charge on any atom is 0.239 e. The molecule has 1 aliphatic rings. The van der Waals surface area contributed by atoms with Crippen molar-refractivity contribution >= 4 is 23.6 Å². The van der Waals surface area contributed by atoms with E-state index in [4.69, 9.17) is 0 Å². The number of nitrogens with one attached hydrogen (secondary N) is 1. The van der Waals surface area contributed by atoms with Crippen LogP contribution >= 0.6 is 11.8 Å². The molecule has 0 bridgehead atoms. The van der Waals surface area contributed by atoms with Gasteiger partial charge in [-0.2, -0.15) is 0 Å². The highest BCUT2D eigenvalue weighted by atomic mass is 32.2. The Morgan fingerprint density at radius 2 is 2.05 bits per heavy atom. The van der Waals surface area contributed by atoms with Gasteiger partial charge in [0.1, 0.15) is 11.9 Å². The Hall–Kier alpha value is -1.49. The van der Waals surface area contributed by atoms with E-state index in [1.165, 1.54) is 5.56 Å². The van der Waals surface area contributed by atoms with E-state index >= 15 is 0 Å². The van der Waals surface area contributed by atoms with Crippen molar-refractivity contribution < 1.29 is 9.59 Å². The minimum atomic E-state index is -0.104. The van der Waals surface area contributed by atoms with Crippen molar-refractivity contribution in [3.8, 4) is 0 Å². The molecule has 1 aromatic rings.